The summed E-state index contributed by atoms with van der Waals surface area (Å²) in [4.78, 5) is 13.9. The largest absolute Gasteiger partial charge is 0.396 e. The Morgan fingerprint density at radius 2 is 1.83 bits per heavy atom. The molecule has 18 heavy (non-hydrogen) atoms. The fourth-order valence-electron chi connectivity index (χ4n) is 1.91. The van der Waals surface area contributed by atoms with Gasteiger partial charge in [0, 0.05) is 12.7 Å². The van der Waals surface area contributed by atoms with E-state index in [-0.39, 0.29) is 24.3 Å². The van der Waals surface area contributed by atoms with Gasteiger partial charge in [0.15, 0.2) is 0 Å². The van der Waals surface area contributed by atoms with E-state index in [4.69, 9.17) is 0 Å². The van der Waals surface area contributed by atoms with Gasteiger partial charge in [-0.15, -0.1) is 0 Å². The molecule has 1 aromatic rings. The van der Waals surface area contributed by atoms with Crippen LogP contribution in [-0.2, 0) is 11.2 Å². The summed E-state index contributed by atoms with van der Waals surface area (Å²) in [7, 11) is 1.76. The van der Waals surface area contributed by atoms with Crippen LogP contribution in [0.1, 0.15) is 26.3 Å². The molecule has 0 saturated heterocycles. The van der Waals surface area contributed by atoms with Crippen molar-refractivity contribution >= 4 is 11.6 Å². The molecule has 1 unspecified atom stereocenters. The highest BCUT2D eigenvalue weighted by Gasteiger charge is 2.25. The van der Waals surface area contributed by atoms with Crippen molar-refractivity contribution in [3.63, 3.8) is 0 Å². The lowest BCUT2D eigenvalue weighted by Crippen LogP contribution is -2.37. The number of carbonyl (C=O) groups excluding carboxylic acids is 1. The molecule has 0 fully saturated rings. The highest BCUT2D eigenvalue weighted by molar-refractivity contribution is 5.94. The third-order valence-electron chi connectivity index (χ3n) is 3.38. The predicted octanol–water partition coefficient (Wildman–Crippen LogP) is 2.48. The molecule has 0 radical (unpaired) electrons. The lowest BCUT2D eigenvalue weighted by atomic mass is 9.95. The fourth-order valence-corrected chi connectivity index (χ4v) is 1.91. The third-order valence-corrected chi connectivity index (χ3v) is 3.38. The normalized spacial score (nSPS) is 12.6. The van der Waals surface area contributed by atoms with E-state index in [1.807, 2.05) is 38.1 Å². The lowest BCUT2D eigenvalue weighted by Gasteiger charge is -2.25. The number of hydrogen-bond acceptors (Lipinski definition) is 2. The number of nitrogens with zero attached hydrogens (tertiary/aromatic N) is 1. The van der Waals surface area contributed by atoms with E-state index >= 15 is 0 Å². The summed E-state index contributed by atoms with van der Waals surface area (Å²) in [5.41, 5.74) is 2.12. The fraction of sp³-hybridized carbons (Fsp3) is 0.533. The topological polar surface area (TPSA) is 40.5 Å². The van der Waals surface area contributed by atoms with Gasteiger partial charge >= 0.3 is 0 Å². The molecule has 1 aromatic carbocycles. The molecule has 1 amide bonds. The molecule has 100 valence electrons. The molecule has 0 aliphatic heterocycles. The second-order valence-corrected chi connectivity index (χ2v) is 4.95. The molecule has 0 bridgehead atoms. The van der Waals surface area contributed by atoms with Crippen LogP contribution in [0.25, 0.3) is 0 Å². The summed E-state index contributed by atoms with van der Waals surface area (Å²) >= 11 is 0. The van der Waals surface area contributed by atoms with E-state index in [0.717, 1.165) is 12.1 Å². The van der Waals surface area contributed by atoms with Crippen molar-refractivity contribution in [2.75, 3.05) is 18.6 Å². The zero-order chi connectivity index (χ0) is 13.7. The minimum Gasteiger partial charge on any atom is -0.396 e. The Morgan fingerprint density at radius 1 is 1.28 bits per heavy atom. The first-order valence-electron chi connectivity index (χ1n) is 6.48. The number of benzene rings is 1. The number of aliphatic hydroxyl groups excluding tert-OH is 1. The summed E-state index contributed by atoms with van der Waals surface area (Å²) in [6, 6.07) is 7.96. The van der Waals surface area contributed by atoms with Gasteiger partial charge in [0.2, 0.25) is 5.91 Å². The van der Waals surface area contributed by atoms with E-state index in [1.54, 1.807) is 11.9 Å². The molecule has 0 spiro atoms. The van der Waals surface area contributed by atoms with Crippen molar-refractivity contribution in [2.45, 2.75) is 27.2 Å². The second-order valence-electron chi connectivity index (χ2n) is 4.95. The third kappa shape index (κ3) is 3.33. The number of rotatable bonds is 5. The Kier molecular flexibility index (Phi) is 5.35. The minimum absolute atomic E-state index is 0.0308. The Hall–Kier alpha value is -1.35. The molecule has 1 N–H and O–H groups in total. The van der Waals surface area contributed by atoms with Crippen LogP contribution in [0.3, 0.4) is 0 Å². The molecular weight excluding hydrogens is 226 g/mol. The van der Waals surface area contributed by atoms with Crippen LogP contribution < -0.4 is 4.90 Å². The first kappa shape index (κ1) is 14.7. The average molecular weight is 249 g/mol. The molecule has 3 heteroatoms. The molecule has 0 aromatic heterocycles. The van der Waals surface area contributed by atoms with Crippen molar-refractivity contribution < 1.29 is 9.90 Å². The first-order chi connectivity index (χ1) is 8.51. The summed E-state index contributed by atoms with van der Waals surface area (Å²) in [5.74, 6) is -0.225. The second kappa shape index (κ2) is 6.55. The van der Waals surface area contributed by atoms with Gasteiger partial charge in [-0.25, -0.2) is 0 Å². The molecule has 0 aliphatic carbocycles. The molecule has 0 saturated carbocycles. The summed E-state index contributed by atoms with van der Waals surface area (Å²) in [6.07, 6.45) is 0.989. The maximum atomic E-state index is 12.2. The van der Waals surface area contributed by atoms with Gasteiger partial charge in [0.25, 0.3) is 0 Å². The van der Waals surface area contributed by atoms with Crippen molar-refractivity contribution in [3.05, 3.63) is 29.8 Å². The summed E-state index contributed by atoms with van der Waals surface area (Å²) in [6.45, 7) is 5.90. The Balaban J connectivity index is 2.84. The lowest BCUT2D eigenvalue weighted by molar-refractivity contribution is -0.124. The summed E-state index contributed by atoms with van der Waals surface area (Å²) in [5, 5.41) is 9.30. The number of anilines is 1. The quantitative estimate of drug-likeness (QED) is 0.871. The molecule has 3 nitrogen and oxygen atoms in total. The Labute approximate surface area is 109 Å². The smallest absolute Gasteiger partial charge is 0.232 e. The maximum absolute atomic E-state index is 12.2. The van der Waals surface area contributed by atoms with Gasteiger partial charge < -0.3 is 10.0 Å². The zero-order valence-corrected chi connectivity index (χ0v) is 11.7. The maximum Gasteiger partial charge on any atom is 0.232 e. The van der Waals surface area contributed by atoms with Crippen molar-refractivity contribution in [3.8, 4) is 0 Å². The van der Waals surface area contributed by atoms with Gasteiger partial charge in [-0.2, -0.15) is 0 Å². The highest BCUT2D eigenvalue weighted by Crippen LogP contribution is 2.19. The number of hydrogen-bond donors (Lipinski definition) is 1. The van der Waals surface area contributed by atoms with Crippen LogP contribution in [0, 0.1) is 11.8 Å². The molecule has 0 heterocycles. The van der Waals surface area contributed by atoms with E-state index in [2.05, 4.69) is 6.92 Å². The Morgan fingerprint density at radius 3 is 2.22 bits per heavy atom. The Bertz CT molecular complexity index is 384. The number of aliphatic hydroxyl groups is 1. The van der Waals surface area contributed by atoms with E-state index in [0.29, 0.717) is 0 Å². The zero-order valence-electron chi connectivity index (χ0n) is 11.7. The minimum atomic E-state index is -0.333. The highest BCUT2D eigenvalue weighted by atomic mass is 16.3. The summed E-state index contributed by atoms with van der Waals surface area (Å²) < 4.78 is 0. The van der Waals surface area contributed by atoms with E-state index in [9.17, 15) is 9.90 Å². The van der Waals surface area contributed by atoms with Gasteiger partial charge in [-0.05, 0) is 30.0 Å². The molecule has 1 atom stereocenters. The van der Waals surface area contributed by atoms with Gasteiger partial charge in [-0.1, -0.05) is 32.9 Å². The number of amides is 1. The standard InChI is InChI=1S/C15H23NO2/c1-5-12-6-8-13(9-7-12)16(4)15(18)14(10-17)11(2)3/h6-9,11,14,17H,5,10H2,1-4H3. The van der Waals surface area contributed by atoms with E-state index in [1.165, 1.54) is 5.56 Å². The number of carbonyl (C=O) groups is 1. The van der Waals surface area contributed by atoms with Crippen molar-refractivity contribution in [1.82, 2.24) is 0 Å². The predicted molar refractivity (Wildman–Crippen MR) is 74.6 cm³/mol. The van der Waals surface area contributed by atoms with Crippen LogP contribution in [0.15, 0.2) is 24.3 Å². The first-order valence-corrected chi connectivity index (χ1v) is 6.48. The van der Waals surface area contributed by atoms with Gasteiger partial charge in [0.1, 0.15) is 0 Å². The van der Waals surface area contributed by atoms with Crippen molar-refractivity contribution in [2.24, 2.45) is 11.8 Å². The monoisotopic (exact) mass is 249 g/mol. The van der Waals surface area contributed by atoms with Crippen LogP contribution in [0.4, 0.5) is 5.69 Å². The van der Waals surface area contributed by atoms with Crippen molar-refractivity contribution in [1.29, 1.82) is 0 Å². The average Bonchev–Trinajstić information content (AvgIpc) is 2.38. The molecule has 0 aliphatic rings. The van der Waals surface area contributed by atoms with Crippen LogP contribution in [0.5, 0.6) is 0 Å². The van der Waals surface area contributed by atoms with Gasteiger partial charge in [0.05, 0.1) is 12.5 Å². The molecule has 1 rings (SSSR count). The SMILES string of the molecule is CCc1ccc(N(C)C(=O)C(CO)C(C)C)cc1. The van der Waals surface area contributed by atoms with Crippen LogP contribution >= 0.6 is 0 Å². The van der Waals surface area contributed by atoms with Crippen LogP contribution in [-0.4, -0.2) is 24.7 Å². The molecular formula is C15H23NO2. The van der Waals surface area contributed by atoms with Crippen LogP contribution in [0.2, 0.25) is 0 Å². The van der Waals surface area contributed by atoms with E-state index < -0.39 is 0 Å². The van der Waals surface area contributed by atoms with Gasteiger partial charge in [-0.3, -0.25) is 4.79 Å². The number of aryl methyl sites for hydroxylation is 1.